The van der Waals surface area contributed by atoms with Gasteiger partial charge >= 0.3 is 0 Å². The van der Waals surface area contributed by atoms with Gasteiger partial charge in [0, 0.05) is 12.4 Å². The van der Waals surface area contributed by atoms with Crippen molar-refractivity contribution in [2.75, 3.05) is 0 Å². The van der Waals surface area contributed by atoms with E-state index < -0.39 is 0 Å². The van der Waals surface area contributed by atoms with E-state index in [1.165, 1.54) is 18.4 Å². The van der Waals surface area contributed by atoms with Crippen LogP contribution in [0.2, 0.25) is 0 Å². The lowest BCUT2D eigenvalue weighted by atomic mass is 9.75. The molecule has 0 fully saturated rings. The Balaban J connectivity index is 2.60. The molecule has 0 bridgehead atoms. The Bertz CT molecular complexity index is 305. The van der Waals surface area contributed by atoms with E-state index in [0.717, 1.165) is 23.7 Å². The molecule has 3 atom stereocenters. The van der Waals surface area contributed by atoms with E-state index in [-0.39, 0.29) is 0 Å². The van der Waals surface area contributed by atoms with Gasteiger partial charge < -0.3 is 0 Å². The molecule has 1 aromatic heterocycles. The molecule has 3 unspecified atom stereocenters. The van der Waals surface area contributed by atoms with Crippen LogP contribution in [0.25, 0.3) is 0 Å². The first kappa shape index (κ1) is 14.2. The fourth-order valence-corrected chi connectivity index (χ4v) is 2.95. The maximum absolute atomic E-state index is 4.08. The van der Waals surface area contributed by atoms with Gasteiger partial charge in [-0.25, -0.2) is 0 Å². The number of rotatable bonds is 6. The first-order valence-corrected chi connectivity index (χ1v) is 6.95. The molecule has 0 aliphatic heterocycles. The summed E-state index contributed by atoms with van der Waals surface area (Å²) in [6.45, 7) is 11.8. The van der Waals surface area contributed by atoms with E-state index in [0.29, 0.717) is 0 Å². The highest BCUT2D eigenvalue weighted by Gasteiger charge is 2.23. The van der Waals surface area contributed by atoms with Crippen LogP contribution in [0.15, 0.2) is 24.5 Å². The van der Waals surface area contributed by atoms with Gasteiger partial charge in [-0.1, -0.05) is 41.0 Å². The smallest absolute Gasteiger partial charge is 0.0270 e. The molecule has 96 valence electrons. The van der Waals surface area contributed by atoms with Crippen LogP contribution in [0.4, 0.5) is 0 Å². The van der Waals surface area contributed by atoms with Gasteiger partial charge in [0.15, 0.2) is 0 Å². The predicted octanol–water partition coefficient (Wildman–Crippen LogP) is 4.58. The molecule has 17 heavy (non-hydrogen) atoms. The second kappa shape index (κ2) is 6.78. The van der Waals surface area contributed by atoms with Crippen LogP contribution >= 0.6 is 0 Å². The van der Waals surface area contributed by atoms with Crippen LogP contribution < -0.4 is 0 Å². The van der Waals surface area contributed by atoms with Gasteiger partial charge in [-0.2, -0.15) is 0 Å². The Hall–Kier alpha value is -0.850. The maximum atomic E-state index is 4.08. The van der Waals surface area contributed by atoms with Crippen molar-refractivity contribution >= 4 is 0 Å². The molecule has 0 spiro atoms. The van der Waals surface area contributed by atoms with Gasteiger partial charge in [0.05, 0.1) is 0 Å². The van der Waals surface area contributed by atoms with E-state index in [9.17, 15) is 0 Å². The molecule has 0 saturated heterocycles. The summed E-state index contributed by atoms with van der Waals surface area (Å²) in [5, 5.41) is 0. The quantitative estimate of drug-likeness (QED) is 0.701. The van der Waals surface area contributed by atoms with Crippen LogP contribution in [0, 0.1) is 23.7 Å². The summed E-state index contributed by atoms with van der Waals surface area (Å²) in [6, 6.07) is 4.28. The molecular weight excluding hydrogens is 206 g/mol. The molecule has 0 aliphatic rings. The monoisotopic (exact) mass is 233 g/mol. The fraction of sp³-hybridized carbons (Fsp3) is 0.688. The van der Waals surface area contributed by atoms with Crippen molar-refractivity contribution in [3.8, 4) is 0 Å². The Morgan fingerprint density at radius 2 is 1.65 bits per heavy atom. The lowest BCUT2D eigenvalue weighted by molar-refractivity contribution is 0.197. The average Bonchev–Trinajstić information content (AvgIpc) is 2.30. The Kier molecular flexibility index (Phi) is 5.67. The second-order valence-corrected chi connectivity index (χ2v) is 5.71. The summed E-state index contributed by atoms with van der Waals surface area (Å²) in [4.78, 5) is 4.08. The fourth-order valence-electron chi connectivity index (χ4n) is 2.95. The Labute approximate surface area is 107 Å². The third-order valence-electron chi connectivity index (χ3n) is 4.21. The van der Waals surface area contributed by atoms with Crippen LogP contribution in [-0.4, -0.2) is 4.98 Å². The molecule has 0 aliphatic carbocycles. The van der Waals surface area contributed by atoms with Crippen molar-refractivity contribution in [1.29, 1.82) is 0 Å². The third kappa shape index (κ3) is 4.14. The normalized spacial score (nSPS) is 16.8. The zero-order valence-corrected chi connectivity index (χ0v) is 12.0. The third-order valence-corrected chi connectivity index (χ3v) is 4.21. The summed E-state index contributed by atoms with van der Waals surface area (Å²) in [6.07, 6.45) is 6.26. The minimum atomic E-state index is 0.741. The highest BCUT2D eigenvalue weighted by Crippen LogP contribution is 2.31. The molecule has 1 aromatic rings. The number of hydrogen-bond donors (Lipinski definition) is 0. The summed E-state index contributed by atoms with van der Waals surface area (Å²) in [5.41, 5.74) is 1.41. The SMILES string of the molecule is CCC(C(C)C)C(C)C(C)Cc1ccncc1. The van der Waals surface area contributed by atoms with Gasteiger partial charge in [0.1, 0.15) is 0 Å². The van der Waals surface area contributed by atoms with E-state index in [1.54, 1.807) is 0 Å². The first-order chi connectivity index (χ1) is 8.06. The molecule has 0 aromatic carbocycles. The minimum absolute atomic E-state index is 0.741. The first-order valence-electron chi connectivity index (χ1n) is 6.95. The van der Waals surface area contributed by atoms with Gasteiger partial charge in [-0.05, 0) is 47.8 Å². The largest absolute Gasteiger partial charge is 0.265 e. The van der Waals surface area contributed by atoms with E-state index >= 15 is 0 Å². The Morgan fingerprint density at radius 3 is 2.12 bits per heavy atom. The molecule has 1 nitrogen and oxygen atoms in total. The highest BCUT2D eigenvalue weighted by atomic mass is 14.6. The summed E-state index contributed by atoms with van der Waals surface area (Å²) >= 11 is 0. The molecule has 0 radical (unpaired) electrons. The van der Waals surface area contributed by atoms with E-state index in [2.05, 4.69) is 51.7 Å². The number of pyridine rings is 1. The zero-order valence-electron chi connectivity index (χ0n) is 12.0. The number of hydrogen-bond acceptors (Lipinski definition) is 1. The van der Waals surface area contributed by atoms with E-state index in [4.69, 9.17) is 0 Å². The van der Waals surface area contributed by atoms with Crippen molar-refractivity contribution in [3.05, 3.63) is 30.1 Å². The molecule has 1 rings (SSSR count). The van der Waals surface area contributed by atoms with Gasteiger partial charge in [0.25, 0.3) is 0 Å². The van der Waals surface area contributed by atoms with Crippen LogP contribution in [-0.2, 0) is 6.42 Å². The average molecular weight is 233 g/mol. The predicted molar refractivity (Wildman–Crippen MR) is 74.9 cm³/mol. The molecular formula is C16H27N. The summed E-state index contributed by atoms with van der Waals surface area (Å²) < 4.78 is 0. The van der Waals surface area contributed by atoms with Gasteiger partial charge in [-0.3, -0.25) is 4.98 Å². The van der Waals surface area contributed by atoms with E-state index in [1.807, 2.05) is 12.4 Å². The molecule has 0 N–H and O–H groups in total. The number of nitrogens with zero attached hydrogens (tertiary/aromatic N) is 1. The lowest BCUT2D eigenvalue weighted by Crippen LogP contribution is -2.24. The van der Waals surface area contributed by atoms with Crippen molar-refractivity contribution < 1.29 is 0 Å². The molecule has 0 saturated carbocycles. The van der Waals surface area contributed by atoms with Crippen molar-refractivity contribution in [2.45, 2.75) is 47.5 Å². The van der Waals surface area contributed by atoms with Gasteiger partial charge in [0.2, 0.25) is 0 Å². The topological polar surface area (TPSA) is 12.9 Å². The van der Waals surface area contributed by atoms with Crippen LogP contribution in [0.3, 0.4) is 0 Å². The summed E-state index contributed by atoms with van der Waals surface area (Å²) in [7, 11) is 0. The number of aromatic nitrogens is 1. The van der Waals surface area contributed by atoms with Crippen LogP contribution in [0.1, 0.15) is 46.6 Å². The maximum Gasteiger partial charge on any atom is 0.0270 e. The van der Waals surface area contributed by atoms with Crippen molar-refractivity contribution in [2.24, 2.45) is 23.7 Å². The zero-order chi connectivity index (χ0) is 12.8. The van der Waals surface area contributed by atoms with Crippen LogP contribution in [0.5, 0.6) is 0 Å². The van der Waals surface area contributed by atoms with Crippen molar-refractivity contribution in [1.82, 2.24) is 4.98 Å². The molecule has 1 heterocycles. The van der Waals surface area contributed by atoms with Crippen molar-refractivity contribution in [3.63, 3.8) is 0 Å². The highest BCUT2D eigenvalue weighted by molar-refractivity contribution is 5.10. The standard InChI is InChI=1S/C16H27N/c1-6-16(12(2)3)14(5)13(4)11-15-7-9-17-10-8-15/h7-10,12-14,16H,6,11H2,1-5H3. The minimum Gasteiger partial charge on any atom is -0.265 e. The van der Waals surface area contributed by atoms with Gasteiger partial charge in [-0.15, -0.1) is 0 Å². The summed E-state index contributed by atoms with van der Waals surface area (Å²) in [5.74, 6) is 3.15. The molecule has 0 amide bonds. The lowest BCUT2D eigenvalue weighted by Gasteiger charge is -2.31. The Morgan fingerprint density at radius 1 is 1.06 bits per heavy atom. The molecule has 1 heteroatoms. The second-order valence-electron chi connectivity index (χ2n) is 5.71.